The summed E-state index contributed by atoms with van der Waals surface area (Å²) in [5.41, 5.74) is 2.75. The van der Waals surface area contributed by atoms with E-state index in [9.17, 15) is 0 Å². The maximum absolute atomic E-state index is 5.40. The van der Waals surface area contributed by atoms with Crippen molar-refractivity contribution < 1.29 is 9.47 Å². The Morgan fingerprint density at radius 1 is 1.05 bits per heavy atom. The van der Waals surface area contributed by atoms with Crippen LogP contribution in [0.2, 0.25) is 0 Å². The maximum atomic E-state index is 5.40. The lowest BCUT2D eigenvalue weighted by atomic mass is 9.99. The van der Waals surface area contributed by atoms with E-state index in [1.807, 2.05) is 17.4 Å². The van der Waals surface area contributed by atoms with Gasteiger partial charge in [0, 0.05) is 9.75 Å². The number of hydrogen-bond acceptors (Lipinski definition) is 3. The largest absolute Gasteiger partial charge is 0.493 e. The zero-order valence-corrected chi connectivity index (χ0v) is 14.7. The van der Waals surface area contributed by atoms with E-state index >= 15 is 0 Å². The topological polar surface area (TPSA) is 18.5 Å². The molecule has 0 fully saturated rings. The second kappa shape index (κ2) is 6.41. The zero-order valence-electron chi connectivity index (χ0n) is 12.3. The van der Waals surface area contributed by atoms with Crippen LogP contribution in [-0.2, 0) is 12.8 Å². The van der Waals surface area contributed by atoms with Crippen LogP contribution in [0.25, 0.3) is 0 Å². The molecule has 2 nitrogen and oxygen atoms in total. The summed E-state index contributed by atoms with van der Waals surface area (Å²) in [6.45, 7) is 0. The Labute approximate surface area is 138 Å². The van der Waals surface area contributed by atoms with Gasteiger partial charge < -0.3 is 9.47 Å². The highest BCUT2D eigenvalue weighted by Crippen LogP contribution is 2.41. The third-order valence-electron chi connectivity index (χ3n) is 3.97. The van der Waals surface area contributed by atoms with Crippen molar-refractivity contribution in [1.29, 1.82) is 0 Å². The van der Waals surface area contributed by atoms with Crippen LogP contribution in [0.3, 0.4) is 0 Å². The van der Waals surface area contributed by atoms with Crippen LogP contribution in [0.5, 0.6) is 11.5 Å². The summed E-state index contributed by atoms with van der Waals surface area (Å²) in [6, 6.07) is 8.49. The van der Waals surface area contributed by atoms with Gasteiger partial charge in [0.25, 0.3) is 0 Å². The molecule has 1 aromatic heterocycles. The lowest BCUT2D eigenvalue weighted by molar-refractivity contribution is 0.354. The number of benzene rings is 1. The molecule has 0 radical (unpaired) electrons. The van der Waals surface area contributed by atoms with Crippen molar-refractivity contribution in [2.75, 3.05) is 14.2 Å². The van der Waals surface area contributed by atoms with E-state index in [4.69, 9.17) is 9.47 Å². The summed E-state index contributed by atoms with van der Waals surface area (Å²) in [5.74, 6) is 1.55. The summed E-state index contributed by atoms with van der Waals surface area (Å²) in [7, 11) is 3.34. The molecule has 1 unspecified atom stereocenters. The first-order valence-corrected chi connectivity index (χ1v) is 8.93. The number of aryl methyl sites for hydroxylation is 2. The summed E-state index contributed by atoms with van der Waals surface area (Å²) >= 11 is 5.79. The van der Waals surface area contributed by atoms with Gasteiger partial charge in [-0.3, -0.25) is 0 Å². The summed E-state index contributed by atoms with van der Waals surface area (Å²) < 4.78 is 10.7. The second-order valence-corrected chi connectivity index (χ2v) is 7.37. The first kappa shape index (κ1) is 14.9. The van der Waals surface area contributed by atoms with Crippen molar-refractivity contribution in [3.8, 4) is 11.5 Å². The van der Waals surface area contributed by atoms with Gasteiger partial charge in [-0.15, -0.1) is 11.3 Å². The molecule has 0 spiro atoms. The number of fused-ring (bicyclic) bond motifs is 1. The molecule has 0 bridgehead atoms. The molecule has 2 aromatic rings. The van der Waals surface area contributed by atoms with E-state index < -0.39 is 0 Å². The quantitative estimate of drug-likeness (QED) is 0.698. The highest BCUT2D eigenvalue weighted by molar-refractivity contribution is 9.09. The van der Waals surface area contributed by atoms with Crippen molar-refractivity contribution >= 4 is 27.3 Å². The highest BCUT2D eigenvalue weighted by Gasteiger charge is 2.19. The van der Waals surface area contributed by atoms with E-state index in [0.29, 0.717) is 0 Å². The lowest BCUT2D eigenvalue weighted by Gasteiger charge is -2.12. The van der Waals surface area contributed by atoms with Crippen LogP contribution in [-0.4, -0.2) is 14.2 Å². The standard InChI is InChI=1S/C17H19BrO2S/c1-19-13-8-7-12(9-14(13)20-2)17(18)16-10-11-5-3-4-6-15(11)21-16/h7-10,17H,3-6H2,1-2H3. The molecule has 4 heteroatoms. The molecular formula is C17H19BrO2S. The molecule has 3 rings (SSSR count). The predicted octanol–water partition coefficient (Wildman–Crippen LogP) is 5.13. The van der Waals surface area contributed by atoms with Crippen LogP contribution in [0, 0.1) is 0 Å². The first-order valence-electron chi connectivity index (χ1n) is 7.20. The Balaban J connectivity index is 1.90. The fourth-order valence-corrected chi connectivity index (χ4v) is 4.77. The van der Waals surface area contributed by atoms with E-state index in [2.05, 4.69) is 34.1 Å². The highest BCUT2D eigenvalue weighted by atomic mass is 79.9. The number of thiophene rings is 1. The van der Waals surface area contributed by atoms with Crippen LogP contribution in [0.4, 0.5) is 0 Å². The molecule has 1 aromatic carbocycles. The fraction of sp³-hybridized carbons (Fsp3) is 0.412. The summed E-state index contributed by atoms with van der Waals surface area (Å²) in [4.78, 5) is 3.17. The number of hydrogen-bond donors (Lipinski definition) is 0. The molecule has 0 saturated heterocycles. The van der Waals surface area contributed by atoms with E-state index in [-0.39, 0.29) is 4.83 Å². The number of alkyl halides is 1. The van der Waals surface area contributed by atoms with Gasteiger partial charge in [0.1, 0.15) is 0 Å². The number of methoxy groups -OCH3 is 2. The van der Waals surface area contributed by atoms with Gasteiger partial charge in [0.15, 0.2) is 11.5 Å². The molecule has 0 aliphatic heterocycles. The molecule has 1 aliphatic carbocycles. The molecule has 0 saturated carbocycles. The van der Waals surface area contributed by atoms with Crippen LogP contribution in [0.1, 0.15) is 38.6 Å². The molecule has 112 valence electrons. The molecule has 1 aliphatic rings. The van der Waals surface area contributed by atoms with Crippen molar-refractivity contribution in [3.05, 3.63) is 45.1 Å². The van der Waals surface area contributed by atoms with Crippen molar-refractivity contribution in [2.45, 2.75) is 30.5 Å². The normalized spacial score (nSPS) is 15.4. The Bertz CT molecular complexity index is 612. The molecule has 21 heavy (non-hydrogen) atoms. The summed E-state index contributed by atoms with van der Waals surface area (Å²) in [6.07, 6.45) is 5.13. The Morgan fingerprint density at radius 3 is 2.52 bits per heavy atom. The lowest BCUT2D eigenvalue weighted by Crippen LogP contribution is -1.96. The van der Waals surface area contributed by atoms with Gasteiger partial charge in [-0.1, -0.05) is 22.0 Å². The van der Waals surface area contributed by atoms with E-state index in [1.54, 1.807) is 24.7 Å². The monoisotopic (exact) mass is 366 g/mol. The van der Waals surface area contributed by atoms with Crippen molar-refractivity contribution in [2.24, 2.45) is 0 Å². The molecule has 1 atom stereocenters. The van der Waals surface area contributed by atoms with Gasteiger partial charge in [-0.25, -0.2) is 0 Å². The zero-order chi connectivity index (χ0) is 14.8. The summed E-state index contributed by atoms with van der Waals surface area (Å²) in [5, 5.41) is 0. The van der Waals surface area contributed by atoms with E-state index in [0.717, 1.165) is 11.5 Å². The number of ether oxygens (including phenoxy) is 2. The van der Waals surface area contributed by atoms with Crippen LogP contribution >= 0.6 is 27.3 Å². The minimum atomic E-state index is 0.216. The molecular weight excluding hydrogens is 348 g/mol. The van der Waals surface area contributed by atoms with Gasteiger partial charge in [0.2, 0.25) is 0 Å². The van der Waals surface area contributed by atoms with E-state index in [1.165, 1.54) is 36.1 Å². The van der Waals surface area contributed by atoms with Gasteiger partial charge in [0.05, 0.1) is 19.0 Å². The van der Waals surface area contributed by atoms with Gasteiger partial charge in [-0.05, 0) is 55.0 Å². The average Bonchev–Trinajstić information content (AvgIpc) is 2.97. The number of rotatable bonds is 4. The smallest absolute Gasteiger partial charge is 0.161 e. The Morgan fingerprint density at radius 2 is 1.81 bits per heavy atom. The number of halogens is 1. The first-order chi connectivity index (χ1) is 10.2. The molecule has 1 heterocycles. The van der Waals surface area contributed by atoms with Gasteiger partial charge >= 0.3 is 0 Å². The van der Waals surface area contributed by atoms with Gasteiger partial charge in [-0.2, -0.15) is 0 Å². The Hall–Kier alpha value is -1.00. The SMILES string of the molecule is COc1ccc(C(Br)c2cc3c(s2)CCCC3)cc1OC. The minimum Gasteiger partial charge on any atom is -0.493 e. The van der Waals surface area contributed by atoms with Crippen molar-refractivity contribution in [1.82, 2.24) is 0 Å². The van der Waals surface area contributed by atoms with Crippen LogP contribution < -0.4 is 9.47 Å². The minimum absolute atomic E-state index is 0.216. The molecule has 0 N–H and O–H groups in total. The third kappa shape index (κ3) is 2.97. The fourth-order valence-electron chi connectivity index (χ4n) is 2.81. The molecule has 0 amide bonds. The average molecular weight is 367 g/mol. The second-order valence-electron chi connectivity index (χ2n) is 5.28. The Kier molecular flexibility index (Phi) is 4.55. The van der Waals surface area contributed by atoms with Crippen molar-refractivity contribution in [3.63, 3.8) is 0 Å². The van der Waals surface area contributed by atoms with Crippen LogP contribution in [0.15, 0.2) is 24.3 Å². The predicted molar refractivity (Wildman–Crippen MR) is 91.3 cm³/mol. The maximum Gasteiger partial charge on any atom is 0.161 e. The third-order valence-corrected chi connectivity index (χ3v) is 6.59.